The monoisotopic (exact) mass is 206 g/mol. The van der Waals surface area contributed by atoms with E-state index in [1.807, 2.05) is 0 Å². The van der Waals surface area contributed by atoms with Gasteiger partial charge in [-0.1, -0.05) is 0 Å². The van der Waals surface area contributed by atoms with Gasteiger partial charge in [0.15, 0.2) is 0 Å². The average molecular weight is 207 g/mol. The van der Waals surface area contributed by atoms with E-state index >= 15 is 0 Å². The van der Waals surface area contributed by atoms with Crippen LogP contribution in [0.1, 0.15) is 6.92 Å². The molecule has 0 atom stereocenters. The molecular weight excluding hydrogens is 197 g/mol. The summed E-state index contributed by atoms with van der Waals surface area (Å²) in [5.74, 6) is -2.20. The maximum Gasteiger partial charge on any atom is 0.371 e. The zero-order valence-corrected chi connectivity index (χ0v) is 8.44. The summed E-state index contributed by atoms with van der Waals surface area (Å²) < 4.78 is 0. The van der Waals surface area contributed by atoms with Crippen molar-refractivity contribution in [3.63, 3.8) is 0 Å². The molecule has 60 valence electrons. The normalized spacial score (nSPS) is 4.50. The van der Waals surface area contributed by atoms with Crippen molar-refractivity contribution in [2.24, 2.45) is 0 Å². The molecule has 0 saturated heterocycles. The third-order valence-electron chi connectivity index (χ3n) is 0.301. The van der Waals surface area contributed by atoms with Crippen LogP contribution >= 0.6 is 0 Å². The van der Waals surface area contributed by atoms with Crippen LogP contribution in [0.15, 0.2) is 0 Å². The molecule has 10 heavy (non-hydrogen) atoms. The van der Waals surface area contributed by atoms with Crippen LogP contribution in [0.25, 0.3) is 0 Å². The topological polar surface area (TPSA) is 149 Å². The van der Waals surface area contributed by atoms with Crippen molar-refractivity contribution in [3.8, 4) is 0 Å². The van der Waals surface area contributed by atoms with Gasteiger partial charge in [0.2, 0.25) is 5.78 Å². The fraction of sp³-hybridized carbons (Fsp3) is 0.333. The zero-order valence-electron chi connectivity index (χ0n) is 5.47. The van der Waals surface area contributed by atoms with Gasteiger partial charge >= 0.3 is 5.97 Å². The Hall–Kier alpha value is -0.357. The van der Waals surface area contributed by atoms with E-state index in [2.05, 4.69) is 0 Å². The first kappa shape index (κ1) is 33.4. The van der Waals surface area contributed by atoms with Gasteiger partial charge < -0.3 is 21.5 Å². The van der Waals surface area contributed by atoms with Crippen LogP contribution in [0, 0.1) is 0 Å². The van der Waals surface area contributed by atoms with E-state index in [0.717, 1.165) is 6.92 Å². The van der Waals surface area contributed by atoms with Gasteiger partial charge in [0.05, 0.1) is 0 Å². The molecule has 0 aromatic rings. The van der Waals surface area contributed by atoms with E-state index < -0.39 is 11.8 Å². The standard InChI is InChI=1S/C3H4O3.3H2O.Zn/c1-2(4)3(5)6;;;;/h1H3,(H,5,6);3*1H2;. The number of rotatable bonds is 1. The minimum atomic E-state index is -1.38. The molecule has 7 N–H and O–H groups in total. The second-order valence-corrected chi connectivity index (χ2v) is 0.861. The predicted octanol–water partition coefficient (Wildman–Crippen LogP) is -2.82. The third-order valence-corrected chi connectivity index (χ3v) is 0.301. The molecule has 6 nitrogen and oxygen atoms in total. The quantitative estimate of drug-likeness (QED) is 0.365. The summed E-state index contributed by atoms with van der Waals surface area (Å²) in [7, 11) is 0. The summed E-state index contributed by atoms with van der Waals surface area (Å²) in [5.41, 5.74) is 0. The minimum Gasteiger partial charge on any atom is -0.476 e. The number of hydrogen-bond acceptors (Lipinski definition) is 2. The second-order valence-electron chi connectivity index (χ2n) is 0.861. The van der Waals surface area contributed by atoms with Crippen molar-refractivity contribution < 1.29 is 50.6 Å². The summed E-state index contributed by atoms with van der Waals surface area (Å²) in [6, 6.07) is 0. The van der Waals surface area contributed by atoms with Crippen LogP contribution in [-0.4, -0.2) is 33.3 Å². The Labute approximate surface area is 69.9 Å². The van der Waals surface area contributed by atoms with Gasteiger partial charge in [-0.3, -0.25) is 4.79 Å². The minimum absolute atomic E-state index is 0. The fourth-order valence-corrected chi connectivity index (χ4v) is 0. The molecule has 0 amide bonds. The Balaban J connectivity index is -0.0000000208. The molecule has 0 heterocycles. The van der Waals surface area contributed by atoms with Gasteiger partial charge in [0, 0.05) is 26.4 Å². The van der Waals surface area contributed by atoms with Crippen molar-refractivity contribution in [1.82, 2.24) is 0 Å². The average Bonchev–Trinajstić information content (AvgIpc) is 1.36. The molecule has 0 aliphatic heterocycles. The summed E-state index contributed by atoms with van der Waals surface area (Å²) >= 11 is 0. The third kappa shape index (κ3) is 25.4. The Bertz CT molecular complexity index is 79.0. The molecule has 0 aromatic heterocycles. The van der Waals surface area contributed by atoms with E-state index in [9.17, 15) is 9.59 Å². The van der Waals surface area contributed by atoms with E-state index in [0.29, 0.717) is 0 Å². The van der Waals surface area contributed by atoms with Gasteiger partial charge in [0.1, 0.15) is 0 Å². The van der Waals surface area contributed by atoms with E-state index in [-0.39, 0.29) is 35.9 Å². The summed E-state index contributed by atoms with van der Waals surface area (Å²) in [6.45, 7) is 1.00. The molecule has 0 radical (unpaired) electrons. The van der Waals surface area contributed by atoms with Crippen LogP contribution in [0.4, 0.5) is 0 Å². The summed E-state index contributed by atoms with van der Waals surface area (Å²) in [5, 5.41) is 7.64. The maximum absolute atomic E-state index is 9.54. The Kier molecular flexibility index (Phi) is 53.0. The number of carbonyl (C=O) groups excluding carboxylic acids is 1. The number of carboxylic acids is 1. The molecular formula is C3H10O6Zn. The van der Waals surface area contributed by atoms with E-state index in [4.69, 9.17) is 5.11 Å². The fourth-order valence-electron chi connectivity index (χ4n) is 0. The van der Waals surface area contributed by atoms with Crippen LogP contribution in [0.5, 0.6) is 0 Å². The van der Waals surface area contributed by atoms with Gasteiger partial charge in [-0.15, -0.1) is 0 Å². The van der Waals surface area contributed by atoms with Crippen molar-refractivity contribution in [2.75, 3.05) is 0 Å². The van der Waals surface area contributed by atoms with Crippen molar-refractivity contribution in [3.05, 3.63) is 0 Å². The van der Waals surface area contributed by atoms with Crippen LogP contribution in [0.2, 0.25) is 0 Å². The Morgan fingerprint density at radius 3 is 1.20 bits per heavy atom. The zero-order chi connectivity index (χ0) is 5.15. The molecule has 0 bridgehead atoms. The number of aliphatic carboxylic acids is 1. The summed E-state index contributed by atoms with van der Waals surface area (Å²) in [4.78, 5) is 18.9. The molecule has 0 spiro atoms. The molecule has 0 aliphatic carbocycles. The number of ketones is 1. The van der Waals surface area contributed by atoms with Crippen LogP contribution in [-0.2, 0) is 29.1 Å². The first-order valence-electron chi connectivity index (χ1n) is 1.38. The Morgan fingerprint density at radius 1 is 1.10 bits per heavy atom. The van der Waals surface area contributed by atoms with Gasteiger partial charge in [-0.05, 0) is 0 Å². The number of carbonyl (C=O) groups is 2. The number of carboxylic acid groups (broad SMARTS) is 1. The van der Waals surface area contributed by atoms with E-state index in [1.165, 1.54) is 0 Å². The molecule has 0 rings (SSSR count). The first-order valence-corrected chi connectivity index (χ1v) is 1.38. The maximum atomic E-state index is 9.54. The molecule has 0 saturated carbocycles. The van der Waals surface area contributed by atoms with Crippen LogP contribution in [0.3, 0.4) is 0 Å². The number of hydrogen-bond donors (Lipinski definition) is 1. The molecule has 0 unspecified atom stereocenters. The smallest absolute Gasteiger partial charge is 0.371 e. The van der Waals surface area contributed by atoms with Gasteiger partial charge in [-0.25, -0.2) is 4.79 Å². The summed E-state index contributed by atoms with van der Waals surface area (Å²) in [6.07, 6.45) is 0. The molecule has 0 aliphatic rings. The second kappa shape index (κ2) is 15.9. The van der Waals surface area contributed by atoms with Gasteiger partial charge in [0.25, 0.3) is 0 Å². The number of Topliss-reactive ketones (excluding diaryl/α,β-unsaturated/α-hetero) is 1. The van der Waals surface area contributed by atoms with E-state index in [1.54, 1.807) is 0 Å². The van der Waals surface area contributed by atoms with Crippen LogP contribution < -0.4 is 0 Å². The molecule has 0 aromatic carbocycles. The van der Waals surface area contributed by atoms with Gasteiger partial charge in [-0.2, -0.15) is 0 Å². The van der Waals surface area contributed by atoms with Crippen molar-refractivity contribution in [1.29, 1.82) is 0 Å². The Morgan fingerprint density at radius 2 is 1.20 bits per heavy atom. The predicted molar refractivity (Wildman–Crippen MR) is 29.2 cm³/mol. The SMILES string of the molecule is CC(=O)C(=O)O.O.O.O.[Zn]. The molecule has 7 heteroatoms. The van der Waals surface area contributed by atoms with Crippen molar-refractivity contribution in [2.45, 2.75) is 6.92 Å². The largest absolute Gasteiger partial charge is 0.476 e. The first-order chi connectivity index (χ1) is 2.64. The van der Waals surface area contributed by atoms with Crippen molar-refractivity contribution >= 4 is 11.8 Å². The molecule has 0 fully saturated rings.